The van der Waals surface area contributed by atoms with Crippen LogP contribution < -0.4 is 0 Å². The van der Waals surface area contributed by atoms with Crippen molar-refractivity contribution in [2.24, 2.45) is 5.92 Å². The Bertz CT molecular complexity index is 569. The van der Waals surface area contributed by atoms with Gasteiger partial charge in [0.25, 0.3) is 0 Å². The van der Waals surface area contributed by atoms with Crippen LogP contribution in [0.25, 0.3) is 10.8 Å². The summed E-state index contributed by atoms with van der Waals surface area (Å²) < 4.78 is 0. The quantitative estimate of drug-likeness (QED) is 0.846. The Morgan fingerprint density at radius 1 is 1.11 bits per heavy atom. The molecule has 1 aliphatic rings. The summed E-state index contributed by atoms with van der Waals surface area (Å²) in [4.78, 5) is 0. The van der Waals surface area contributed by atoms with Gasteiger partial charge in [0, 0.05) is 6.42 Å². The molecule has 1 aliphatic carbocycles. The summed E-state index contributed by atoms with van der Waals surface area (Å²) in [6.45, 7) is 2.20. The number of rotatable bonds is 2. The predicted octanol–water partition coefficient (Wildman–Crippen LogP) is 4.32. The highest BCUT2D eigenvalue weighted by Crippen LogP contribution is 2.37. The molecule has 0 radical (unpaired) electrons. The zero-order valence-electron chi connectivity index (χ0n) is 11.6. The van der Waals surface area contributed by atoms with Gasteiger partial charge in [0.2, 0.25) is 0 Å². The Morgan fingerprint density at radius 3 is 2.74 bits per heavy atom. The van der Waals surface area contributed by atoms with Gasteiger partial charge < -0.3 is 5.11 Å². The van der Waals surface area contributed by atoms with Gasteiger partial charge in [0.1, 0.15) is 0 Å². The van der Waals surface area contributed by atoms with E-state index in [1.807, 2.05) is 0 Å². The minimum atomic E-state index is -0.512. The van der Waals surface area contributed by atoms with E-state index in [1.54, 1.807) is 0 Å². The van der Waals surface area contributed by atoms with Crippen molar-refractivity contribution >= 4 is 10.8 Å². The monoisotopic (exact) mass is 254 g/mol. The minimum Gasteiger partial charge on any atom is -0.389 e. The normalized spacial score (nSPS) is 27.6. The van der Waals surface area contributed by atoms with Crippen LogP contribution >= 0.6 is 0 Å². The van der Waals surface area contributed by atoms with Gasteiger partial charge in [-0.15, -0.1) is 0 Å². The fraction of sp³-hybridized carbons (Fsp3) is 0.444. The van der Waals surface area contributed by atoms with Crippen molar-refractivity contribution in [2.75, 3.05) is 0 Å². The van der Waals surface area contributed by atoms with Crippen molar-refractivity contribution in [1.29, 1.82) is 0 Å². The lowest BCUT2D eigenvalue weighted by Crippen LogP contribution is -2.41. The van der Waals surface area contributed by atoms with E-state index in [9.17, 15) is 5.11 Å². The summed E-state index contributed by atoms with van der Waals surface area (Å²) in [6, 6.07) is 14.9. The summed E-state index contributed by atoms with van der Waals surface area (Å²) in [5, 5.41) is 13.5. The Kier molecular flexibility index (Phi) is 3.32. The maximum absolute atomic E-state index is 11.0. The van der Waals surface area contributed by atoms with Crippen LogP contribution in [0.15, 0.2) is 42.5 Å². The largest absolute Gasteiger partial charge is 0.389 e. The molecule has 0 amide bonds. The van der Waals surface area contributed by atoms with E-state index >= 15 is 0 Å². The summed E-state index contributed by atoms with van der Waals surface area (Å²) in [6.07, 6.45) is 5.30. The zero-order valence-corrected chi connectivity index (χ0v) is 11.6. The molecule has 1 fully saturated rings. The van der Waals surface area contributed by atoms with Gasteiger partial charge in [0.05, 0.1) is 5.60 Å². The molecule has 1 nitrogen and oxygen atoms in total. The first-order valence-corrected chi connectivity index (χ1v) is 7.38. The molecule has 0 saturated heterocycles. The van der Waals surface area contributed by atoms with Crippen molar-refractivity contribution in [3.8, 4) is 0 Å². The van der Waals surface area contributed by atoms with Crippen LogP contribution in [-0.2, 0) is 6.42 Å². The molecule has 100 valence electrons. The van der Waals surface area contributed by atoms with Crippen LogP contribution in [0.5, 0.6) is 0 Å². The van der Waals surface area contributed by atoms with E-state index in [-0.39, 0.29) is 0 Å². The molecule has 0 aliphatic heterocycles. The maximum Gasteiger partial charge on any atom is 0.0713 e. The highest BCUT2D eigenvalue weighted by atomic mass is 16.3. The van der Waals surface area contributed by atoms with Crippen molar-refractivity contribution < 1.29 is 5.11 Å². The molecule has 1 N–H and O–H groups in total. The van der Waals surface area contributed by atoms with E-state index in [0.717, 1.165) is 25.7 Å². The lowest BCUT2D eigenvalue weighted by molar-refractivity contribution is -0.0402. The molecule has 0 spiro atoms. The third-order valence-electron chi connectivity index (χ3n) is 4.79. The second kappa shape index (κ2) is 4.97. The number of fused-ring (bicyclic) bond motifs is 1. The number of hydrogen-bond donors (Lipinski definition) is 1. The number of benzene rings is 2. The summed E-state index contributed by atoms with van der Waals surface area (Å²) in [7, 11) is 0. The molecule has 19 heavy (non-hydrogen) atoms. The van der Waals surface area contributed by atoms with Gasteiger partial charge in [0.15, 0.2) is 0 Å². The SMILES string of the molecule is CC1CCCCC1(O)Cc1cccc2ccccc12. The Hall–Kier alpha value is -1.34. The first kappa shape index (κ1) is 12.7. The van der Waals surface area contributed by atoms with Crippen LogP contribution in [0.3, 0.4) is 0 Å². The van der Waals surface area contributed by atoms with E-state index < -0.39 is 5.60 Å². The second-order valence-electron chi connectivity index (χ2n) is 6.07. The van der Waals surface area contributed by atoms with E-state index in [2.05, 4.69) is 49.4 Å². The van der Waals surface area contributed by atoms with Gasteiger partial charge in [-0.05, 0) is 35.1 Å². The lowest BCUT2D eigenvalue weighted by Gasteiger charge is -2.38. The van der Waals surface area contributed by atoms with Crippen molar-refractivity contribution in [1.82, 2.24) is 0 Å². The summed E-state index contributed by atoms with van der Waals surface area (Å²) in [5.74, 6) is 0.403. The Morgan fingerprint density at radius 2 is 1.89 bits per heavy atom. The van der Waals surface area contributed by atoms with Gasteiger partial charge in [-0.1, -0.05) is 62.2 Å². The topological polar surface area (TPSA) is 20.2 Å². The standard InChI is InChI=1S/C18H22O/c1-14-7-4-5-12-18(14,19)13-16-10-6-9-15-8-2-3-11-17(15)16/h2-3,6,8-11,14,19H,4-5,7,12-13H2,1H3. The van der Waals surface area contributed by atoms with Crippen LogP contribution in [-0.4, -0.2) is 10.7 Å². The number of hydrogen-bond acceptors (Lipinski definition) is 1. The molecule has 2 unspecified atom stereocenters. The number of aliphatic hydroxyl groups is 1. The summed E-state index contributed by atoms with van der Waals surface area (Å²) in [5.41, 5.74) is 0.775. The van der Waals surface area contributed by atoms with Gasteiger partial charge in [-0.2, -0.15) is 0 Å². The van der Waals surface area contributed by atoms with Crippen LogP contribution in [0, 0.1) is 5.92 Å². The van der Waals surface area contributed by atoms with Crippen molar-refractivity contribution in [3.63, 3.8) is 0 Å². The smallest absolute Gasteiger partial charge is 0.0713 e. The maximum atomic E-state index is 11.0. The Balaban J connectivity index is 1.97. The van der Waals surface area contributed by atoms with Gasteiger partial charge in [-0.3, -0.25) is 0 Å². The summed E-state index contributed by atoms with van der Waals surface area (Å²) >= 11 is 0. The predicted molar refractivity (Wildman–Crippen MR) is 80.2 cm³/mol. The molecule has 2 atom stereocenters. The second-order valence-corrected chi connectivity index (χ2v) is 6.07. The minimum absolute atomic E-state index is 0.403. The van der Waals surface area contributed by atoms with Crippen molar-refractivity contribution in [2.45, 2.75) is 44.6 Å². The fourth-order valence-electron chi connectivity index (χ4n) is 3.44. The van der Waals surface area contributed by atoms with E-state index in [4.69, 9.17) is 0 Å². The van der Waals surface area contributed by atoms with Crippen LogP contribution in [0.1, 0.15) is 38.2 Å². The highest BCUT2D eigenvalue weighted by Gasteiger charge is 2.36. The average molecular weight is 254 g/mol. The molecule has 0 aromatic heterocycles. The van der Waals surface area contributed by atoms with E-state index in [1.165, 1.54) is 22.8 Å². The van der Waals surface area contributed by atoms with Crippen molar-refractivity contribution in [3.05, 3.63) is 48.0 Å². The molecule has 2 aromatic carbocycles. The Labute approximate surface area is 115 Å². The molecule has 1 heteroatoms. The highest BCUT2D eigenvalue weighted by molar-refractivity contribution is 5.85. The average Bonchev–Trinajstić information content (AvgIpc) is 2.43. The van der Waals surface area contributed by atoms with Crippen LogP contribution in [0.2, 0.25) is 0 Å². The van der Waals surface area contributed by atoms with Gasteiger partial charge in [-0.25, -0.2) is 0 Å². The third kappa shape index (κ3) is 2.40. The molecular formula is C18H22O. The first-order chi connectivity index (χ1) is 9.19. The fourth-order valence-corrected chi connectivity index (χ4v) is 3.44. The van der Waals surface area contributed by atoms with E-state index in [0.29, 0.717) is 5.92 Å². The third-order valence-corrected chi connectivity index (χ3v) is 4.79. The molecule has 0 bridgehead atoms. The molecule has 1 saturated carbocycles. The first-order valence-electron chi connectivity index (χ1n) is 7.38. The lowest BCUT2D eigenvalue weighted by atomic mass is 9.73. The molecule has 2 aromatic rings. The van der Waals surface area contributed by atoms with Gasteiger partial charge >= 0.3 is 0 Å². The molecule has 3 rings (SSSR count). The zero-order chi connectivity index (χ0) is 13.3. The van der Waals surface area contributed by atoms with Crippen LogP contribution in [0.4, 0.5) is 0 Å². The molecule has 0 heterocycles. The molecular weight excluding hydrogens is 232 g/mol.